The van der Waals surface area contributed by atoms with Crippen molar-refractivity contribution in [3.63, 3.8) is 0 Å². The Morgan fingerprint density at radius 2 is 1.86 bits per heavy atom. The lowest BCUT2D eigenvalue weighted by atomic mass is 10.1. The van der Waals surface area contributed by atoms with Gasteiger partial charge in [-0.05, 0) is 44.5 Å². The number of rotatable bonds is 8. The van der Waals surface area contributed by atoms with Crippen LogP contribution in [0, 0.1) is 0 Å². The lowest BCUT2D eigenvalue weighted by Gasteiger charge is -2.40. The quantitative estimate of drug-likeness (QED) is 0.301. The Kier molecular flexibility index (Phi) is 7.92. The fourth-order valence-electron chi connectivity index (χ4n) is 5.95. The van der Waals surface area contributed by atoms with E-state index in [-0.39, 0.29) is 24.0 Å². The zero-order valence-corrected chi connectivity index (χ0v) is 24.7. The van der Waals surface area contributed by atoms with Crippen LogP contribution in [0.1, 0.15) is 26.3 Å². The third-order valence-electron chi connectivity index (χ3n) is 8.20. The fraction of sp³-hybridized carbons (Fsp3) is 0.452. The van der Waals surface area contributed by atoms with Gasteiger partial charge < -0.3 is 19.1 Å². The number of alkyl halides is 2. The topological polar surface area (TPSA) is 86.9 Å². The van der Waals surface area contributed by atoms with Gasteiger partial charge in [-0.3, -0.25) is 19.1 Å². The van der Waals surface area contributed by atoms with Crippen molar-refractivity contribution in [3.05, 3.63) is 70.8 Å². The molecule has 2 aliphatic rings. The van der Waals surface area contributed by atoms with E-state index in [4.69, 9.17) is 14.2 Å². The van der Waals surface area contributed by atoms with Gasteiger partial charge in [0.2, 0.25) is 5.95 Å². The van der Waals surface area contributed by atoms with Crippen LogP contribution in [0.4, 0.5) is 14.7 Å². The summed E-state index contributed by atoms with van der Waals surface area (Å²) in [5.74, 6) is 0.224. The number of piperazine rings is 1. The first-order valence-corrected chi connectivity index (χ1v) is 14.4. The van der Waals surface area contributed by atoms with Crippen molar-refractivity contribution in [2.24, 2.45) is 7.05 Å². The SMILES string of the molecule is C[C@@H]1CN(c2ncc(-c3ccc4c(=O)n(C)n(Cc5ccccc5OC(F)F)c4c3)cn2)CCN1C[C@@H]1COC(C)(C)O1. The highest BCUT2D eigenvalue weighted by Crippen LogP contribution is 2.28. The second-order valence-electron chi connectivity index (χ2n) is 11.6. The maximum Gasteiger partial charge on any atom is 0.387 e. The minimum Gasteiger partial charge on any atom is -0.434 e. The molecule has 4 aromatic rings. The highest BCUT2D eigenvalue weighted by atomic mass is 19.3. The summed E-state index contributed by atoms with van der Waals surface area (Å²) >= 11 is 0. The Hall–Kier alpha value is -3.87. The van der Waals surface area contributed by atoms with Crippen LogP contribution in [0.15, 0.2) is 59.7 Å². The molecule has 0 amide bonds. The summed E-state index contributed by atoms with van der Waals surface area (Å²) in [6, 6.07) is 12.5. The van der Waals surface area contributed by atoms with E-state index in [9.17, 15) is 13.6 Å². The summed E-state index contributed by atoms with van der Waals surface area (Å²) in [4.78, 5) is 27.0. The number of hydrogen-bond donors (Lipinski definition) is 0. The molecule has 4 heterocycles. The third kappa shape index (κ3) is 6.13. The predicted molar refractivity (Wildman–Crippen MR) is 159 cm³/mol. The van der Waals surface area contributed by atoms with Gasteiger partial charge in [-0.1, -0.05) is 24.3 Å². The predicted octanol–water partition coefficient (Wildman–Crippen LogP) is 4.11. The normalized spacial score (nSPS) is 20.8. The minimum atomic E-state index is -2.94. The van der Waals surface area contributed by atoms with Crippen LogP contribution in [0.3, 0.4) is 0 Å². The average molecular weight is 595 g/mol. The van der Waals surface area contributed by atoms with Crippen LogP contribution in [-0.2, 0) is 23.1 Å². The highest BCUT2D eigenvalue weighted by Gasteiger charge is 2.35. The summed E-state index contributed by atoms with van der Waals surface area (Å²) in [6.45, 7) is 7.25. The molecule has 228 valence electrons. The van der Waals surface area contributed by atoms with Crippen LogP contribution < -0.4 is 15.2 Å². The van der Waals surface area contributed by atoms with E-state index >= 15 is 0 Å². The van der Waals surface area contributed by atoms with Gasteiger partial charge in [-0.25, -0.2) is 9.97 Å². The van der Waals surface area contributed by atoms with Gasteiger partial charge in [0, 0.05) is 62.8 Å². The van der Waals surface area contributed by atoms with Crippen molar-refractivity contribution in [2.45, 2.75) is 51.9 Å². The summed E-state index contributed by atoms with van der Waals surface area (Å²) in [5.41, 5.74) is 2.68. The molecular weight excluding hydrogens is 558 g/mol. The number of nitrogens with zero attached hydrogens (tertiary/aromatic N) is 6. The zero-order valence-electron chi connectivity index (χ0n) is 24.7. The van der Waals surface area contributed by atoms with Crippen LogP contribution in [0.2, 0.25) is 0 Å². The second kappa shape index (κ2) is 11.7. The molecule has 0 N–H and O–H groups in total. The standard InChI is InChI=1S/C31H36F2N6O4/c1-20-16-38(12-11-37(20)18-24-19-41-31(2,3)43-24)30-34-14-23(15-35-30)21-9-10-25-26(13-21)39(36(4)28(25)40)17-22-7-5-6-8-27(22)42-29(32)33/h5-10,13-15,20,24,29H,11-12,16-19H2,1-4H3/t20-,24-/m1/s1. The molecule has 10 nitrogen and oxygen atoms in total. The maximum absolute atomic E-state index is 13.0. The number of benzene rings is 2. The smallest absolute Gasteiger partial charge is 0.387 e. The Morgan fingerprint density at radius 1 is 1.09 bits per heavy atom. The zero-order chi connectivity index (χ0) is 30.3. The van der Waals surface area contributed by atoms with Gasteiger partial charge in [0.05, 0.1) is 30.2 Å². The number of aromatic nitrogens is 4. The van der Waals surface area contributed by atoms with Crippen LogP contribution >= 0.6 is 0 Å². The van der Waals surface area contributed by atoms with Gasteiger partial charge in [0.15, 0.2) is 5.79 Å². The largest absolute Gasteiger partial charge is 0.434 e. The molecule has 0 saturated carbocycles. The maximum atomic E-state index is 13.0. The summed E-state index contributed by atoms with van der Waals surface area (Å²) < 4.78 is 45.7. The number of ether oxygens (including phenoxy) is 3. The average Bonchev–Trinajstić information content (AvgIpc) is 3.45. The summed E-state index contributed by atoms with van der Waals surface area (Å²) in [7, 11) is 1.66. The van der Waals surface area contributed by atoms with E-state index in [2.05, 4.69) is 26.7 Å². The van der Waals surface area contributed by atoms with Crippen molar-refractivity contribution in [1.82, 2.24) is 24.2 Å². The molecule has 0 aliphatic carbocycles. The van der Waals surface area contributed by atoms with E-state index in [1.54, 1.807) is 48.4 Å². The first kappa shape index (κ1) is 29.2. The fourth-order valence-corrected chi connectivity index (χ4v) is 5.95. The molecular formula is C31H36F2N6O4. The second-order valence-corrected chi connectivity index (χ2v) is 11.6. The van der Waals surface area contributed by atoms with E-state index < -0.39 is 12.4 Å². The van der Waals surface area contributed by atoms with Gasteiger partial charge >= 0.3 is 6.61 Å². The van der Waals surface area contributed by atoms with Crippen molar-refractivity contribution in [3.8, 4) is 16.9 Å². The summed E-state index contributed by atoms with van der Waals surface area (Å²) in [5, 5.41) is 0.529. The number of fused-ring (bicyclic) bond motifs is 1. The third-order valence-corrected chi connectivity index (χ3v) is 8.20. The van der Waals surface area contributed by atoms with E-state index in [1.807, 2.05) is 26.0 Å². The van der Waals surface area contributed by atoms with Gasteiger partial charge in [-0.15, -0.1) is 0 Å². The molecule has 0 unspecified atom stereocenters. The monoisotopic (exact) mass is 594 g/mol. The van der Waals surface area contributed by atoms with E-state index in [0.29, 0.717) is 35.1 Å². The molecule has 2 aliphatic heterocycles. The first-order valence-electron chi connectivity index (χ1n) is 14.4. The molecule has 2 atom stereocenters. The Balaban J connectivity index is 1.18. The minimum absolute atomic E-state index is 0.0681. The van der Waals surface area contributed by atoms with E-state index in [1.165, 1.54) is 10.7 Å². The number of halogens is 2. The van der Waals surface area contributed by atoms with Gasteiger partial charge in [0.1, 0.15) is 5.75 Å². The molecule has 2 saturated heterocycles. The number of hydrogen-bond acceptors (Lipinski definition) is 8. The Morgan fingerprint density at radius 3 is 2.56 bits per heavy atom. The van der Waals surface area contributed by atoms with Crippen molar-refractivity contribution in [1.29, 1.82) is 0 Å². The van der Waals surface area contributed by atoms with Crippen molar-refractivity contribution < 1.29 is 23.0 Å². The molecule has 2 aromatic heterocycles. The molecule has 0 spiro atoms. The Bertz CT molecular complexity index is 1650. The number of para-hydroxylation sites is 1. The van der Waals surface area contributed by atoms with Crippen molar-refractivity contribution in [2.75, 3.05) is 37.7 Å². The molecule has 0 radical (unpaired) electrons. The van der Waals surface area contributed by atoms with Crippen molar-refractivity contribution >= 4 is 16.9 Å². The highest BCUT2D eigenvalue weighted by molar-refractivity contribution is 5.84. The lowest BCUT2D eigenvalue weighted by Crippen LogP contribution is -2.54. The van der Waals surface area contributed by atoms with Crippen LogP contribution in [-0.4, -0.2) is 81.6 Å². The van der Waals surface area contributed by atoms with Gasteiger partial charge in [0.25, 0.3) is 5.56 Å². The Labute approximate surface area is 248 Å². The number of anilines is 1. The molecule has 12 heteroatoms. The van der Waals surface area contributed by atoms with E-state index in [0.717, 1.165) is 37.3 Å². The first-order chi connectivity index (χ1) is 20.6. The molecule has 0 bridgehead atoms. The van der Waals surface area contributed by atoms with Crippen LogP contribution in [0.5, 0.6) is 5.75 Å². The molecule has 43 heavy (non-hydrogen) atoms. The molecule has 6 rings (SSSR count). The summed E-state index contributed by atoms with van der Waals surface area (Å²) in [6.07, 6.45) is 3.66. The van der Waals surface area contributed by atoms with Crippen LogP contribution in [0.25, 0.3) is 22.0 Å². The lowest BCUT2D eigenvalue weighted by molar-refractivity contribution is -0.141. The molecule has 2 aromatic carbocycles. The van der Waals surface area contributed by atoms with Gasteiger partial charge in [-0.2, -0.15) is 8.78 Å². The molecule has 2 fully saturated rings.